The molecule has 2 rings (SSSR count). The van der Waals surface area contributed by atoms with Gasteiger partial charge in [-0.25, -0.2) is 0 Å². The summed E-state index contributed by atoms with van der Waals surface area (Å²) in [5, 5.41) is 12.3. The molecule has 22 heavy (non-hydrogen) atoms. The van der Waals surface area contributed by atoms with Gasteiger partial charge in [0.1, 0.15) is 12.4 Å². The first kappa shape index (κ1) is 16.0. The van der Waals surface area contributed by atoms with E-state index in [0.29, 0.717) is 18.6 Å². The van der Waals surface area contributed by atoms with Crippen molar-refractivity contribution in [2.24, 2.45) is 0 Å². The van der Waals surface area contributed by atoms with Gasteiger partial charge in [0.05, 0.1) is 6.10 Å². The highest BCUT2D eigenvalue weighted by Crippen LogP contribution is 2.20. The number of amides is 1. The van der Waals surface area contributed by atoms with Gasteiger partial charge in [-0.3, -0.25) is 4.79 Å². The zero-order chi connectivity index (χ0) is 15.9. The average Bonchev–Trinajstić information content (AvgIpc) is 2.59. The van der Waals surface area contributed by atoms with Crippen LogP contribution >= 0.6 is 0 Å². The van der Waals surface area contributed by atoms with Gasteiger partial charge in [-0.2, -0.15) is 0 Å². The summed E-state index contributed by atoms with van der Waals surface area (Å²) in [6, 6.07) is 14.8. The first-order valence-electron chi connectivity index (χ1n) is 7.36. The topological polar surface area (TPSA) is 58.6 Å². The number of nitrogens with one attached hydrogen (secondary N) is 1. The van der Waals surface area contributed by atoms with Crippen LogP contribution in [0, 0.1) is 0 Å². The third kappa shape index (κ3) is 4.09. The van der Waals surface area contributed by atoms with Crippen LogP contribution in [-0.4, -0.2) is 18.1 Å². The summed E-state index contributed by atoms with van der Waals surface area (Å²) in [6.07, 6.45) is 0.268. The number of aliphatic hydroxyl groups is 1. The maximum atomic E-state index is 11.5. The summed E-state index contributed by atoms with van der Waals surface area (Å²) in [4.78, 5) is 11.5. The van der Waals surface area contributed by atoms with Gasteiger partial charge in [0, 0.05) is 12.6 Å². The van der Waals surface area contributed by atoms with Crippen LogP contribution in [0.4, 0.5) is 0 Å². The van der Waals surface area contributed by atoms with Crippen molar-refractivity contribution in [1.29, 1.82) is 0 Å². The van der Waals surface area contributed by atoms with Crippen molar-refractivity contribution < 1.29 is 14.6 Å². The Morgan fingerprint density at radius 3 is 2.32 bits per heavy atom. The van der Waals surface area contributed by atoms with Gasteiger partial charge in [-0.15, -0.1) is 0 Å². The molecule has 2 aromatic carbocycles. The molecule has 0 fully saturated rings. The van der Waals surface area contributed by atoms with Gasteiger partial charge in [-0.05, 0) is 41.8 Å². The molecular weight excluding hydrogens is 278 g/mol. The number of rotatable bonds is 6. The van der Waals surface area contributed by atoms with Crippen molar-refractivity contribution in [2.45, 2.75) is 26.1 Å². The fourth-order valence-electron chi connectivity index (χ4n) is 2.09. The number of benzene rings is 2. The highest BCUT2D eigenvalue weighted by atomic mass is 16.5. The molecule has 0 saturated carbocycles. The second-order valence-electron chi connectivity index (χ2n) is 5.06. The highest BCUT2D eigenvalue weighted by Gasteiger charge is 2.05. The van der Waals surface area contributed by atoms with Crippen molar-refractivity contribution in [3.63, 3.8) is 0 Å². The molecule has 0 heterocycles. The van der Waals surface area contributed by atoms with Crippen molar-refractivity contribution in [1.82, 2.24) is 5.32 Å². The zero-order valence-corrected chi connectivity index (χ0v) is 12.9. The summed E-state index contributed by atoms with van der Waals surface area (Å²) >= 11 is 0. The molecule has 0 radical (unpaired) electrons. The minimum atomic E-state index is -0.425. The fourth-order valence-corrected chi connectivity index (χ4v) is 2.09. The minimum Gasteiger partial charge on any atom is -0.489 e. The Balaban J connectivity index is 1.94. The van der Waals surface area contributed by atoms with Crippen LogP contribution in [0.2, 0.25) is 0 Å². The molecule has 1 unspecified atom stereocenters. The Morgan fingerprint density at radius 2 is 1.77 bits per heavy atom. The molecule has 0 bridgehead atoms. The molecule has 0 aliphatic carbocycles. The standard InChI is InChI=1S/C18H21NO3/c1-3-17(20)14-8-10-16(11-9-14)22-12-13-4-6-15(7-5-13)18(21)19-2/h4-11,17,20H,3,12H2,1-2H3,(H,19,21). The normalized spacial score (nSPS) is 11.8. The molecule has 1 amide bonds. The van der Waals surface area contributed by atoms with Crippen LogP contribution in [-0.2, 0) is 6.61 Å². The average molecular weight is 299 g/mol. The maximum absolute atomic E-state index is 11.5. The quantitative estimate of drug-likeness (QED) is 0.862. The van der Waals surface area contributed by atoms with E-state index < -0.39 is 6.10 Å². The zero-order valence-electron chi connectivity index (χ0n) is 12.9. The van der Waals surface area contributed by atoms with Crippen molar-refractivity contribution in [3.8, 4) is 5.75 Å². The molecule has 1 atom stereocenters. The summed E-state index contributed by atoms with van der Waals surface area (Å²) in [5.41, 5.74) is 2.51. The Kier molecular flexibility index (Phi) is 5.55. The predicted octanol–water partition coefficient (Wildman–Crippen LogP) is 3.07. The third-order valence-corrected chi connectivity index (χ3v) is 3.50. The largest absolute Gasteiger partial charge is 0.489 e. The summed E-state index contributed by atoms with van der Waals surface area (Å²) < 4.78 is 5.70. The van der Waals surface area contributed by atoms with E-state index in [9.17, 15) is 9.90 Å². The predicted molar refractivity (Wildman–Crippen MR) is 85.9 cm³/mol. The summed E-state index contributed by atoms with van der Waals surface area (Å²) in [7, 11) is 1.61. The van der Waals surface area contributed by atoms with Gasteiger partial charge in [0.25, 0.3) is 5.91 Å². The molecule has 0 spiro atoms. The molecule has 2 N–H and O–H groups in total. The van der Waals surface area contributed by atoms with E-state index in [1.165, 1.54) is 0 Å². The van der Waals surface area contributed by atoms with E-state index >= 15 is 0 Å². The lowest BCUT2D eigenvalue weighted by molar-refractivity contribution is 0.0963. The Hall–Kier alpha value is -2.33. The van der Waals surface area contributed by atoms with Gasteiger partial charge in [0.15, 0.2) is 0 Å². The second-order valence-corrected chi connectivity index (χ2v) is 5.06. The molecule has 0 saturated heterocycles. The monoisotopic (exact) mass is 299 g/mol. The molecule has 2 aromatic rings. The first-order valence-corrected chi connectivity index (χ1v) is 7.36. The Labute approximate surface area is 130 Å². The van der Waals surface area contributed by atoms with Crippen LogP contribution < -0.4 is 10.1 Å². The van der Waals surface area contributed by atoms with E-state index in [-0.39, 0.29) is 5.91 Å². The van der Waals surface area contributed by atoms with Crippen molar-refractivity contribution in [3.05, 3.63) is 65.2 Å². The lowest BCUT2D eigenvalue weighted by Gasteiger charge is -2.10. The lowest BCUT2D eigenvalue weighted by atomic mass is 10.1. The molecule has 4 nitrogen and oxygen atoms in total. The van der Waals surface area contributed by atoms with Gasteiger partial charge in [0.2, 0.25) is 0 Å². The van der Waals surface area contributed by atoms with Crippen LogP contribution in [0.25, 0.3) is 0 Å². The van der Waals surface area contributed by atoms with E-state index in [4.69, 9.17) is 4.74 Å². The number of carbonyl (C=O) groups excluding carboxylic acids is 1. The van der Waals surface area contributed by atoms with Crippen molar-refractivity contribution >= 4 is 5.91 Å². The van der Waals surface area contributed by atoms with E-state index in [2.05, 4.69) is 5.32 Å². The van der Waals surface area contributed by atoms with Crippen LogP contribution in [0.5, 0.6) is 5.75 Å². The van der Waals surface area contributed by atoms with Gasteiger partial charge in [-0.1, -0.05) is 31.2 Å². The van der Waals surface area contributed by atoms with Crippen LogP contribution in [0.3, 0.4) is 0 Å². The molecule has 116 valence electrons. The Bertz CT molecular complexity index is 605. The fraction of sp³-hybridized carbons (Fsp3) is 0.278. The van der Waals surface area contributed by atoms with E-state index in [1.807, 2.05) is 43.3 Å². The molecular formula is C18H21NO3. The molecule has 0 aliphatic rings. The summed E-state index contributed by atoms with van der Waals surface area (Å²) in [5.74, 6) is 0.653. The van der Waals surface area contributed by atoms with Crippen molar-refractivity contribution in [2.75, 3.05) is 7.05 Å². The number of ether oxygens (including phenoxy) is 1. The molecule has 0 aliphatic heterocycles. The second kappa shape index (κ2) is 7.61. The van der Waals surface area contributed by atoms with E-state index in [1.54, 1.807) is 19.2 Å². The minimum absolute atomic E-state index is 0.0995. The molecule has 0 aromatic heterocycles. The number of hydrogen-bond acceptors (Lipinski definition) is 3. The number of carbonyl (C=O) groups is 1. The molecule has 4 heteroatoms. The summed E-state index contributed by atoms with van der Waals surface area (Å²) in [6.45, 7) is 2.38. The van der Waals surface area contributed by atoms with E-state index in [0.717, 1.165) is 16.9 Å². The maximum Gasteiger partial charge on any atom is 0.251 e. The van der Waals surface area contributed by atoms with Crippen LogP contribution in [0.15, 0.2) is 48.5 Å². The highest BCUT2D eigenvalue weighted by molar-refractivity contribution is 5.93. The smallest absolute Gasteiger partial charge is 0.251 e. The number of hydrogen-bond donors (Lipinski definition) is 2. The SMILES string of the molecule is CCC(O)c1ccc(OCc2ccc(C(=O)NC)cc2)cc1. The first-order chi connectivity index (χ1) is 10.6. The lowest BCUT2D eigenvalue weighted by Crippen LogP contribution is -2.17. The van der Waals surface area contributed by atoms with Gasteiger partial charge < -0.3 is 15.2 Å². The third-order valence-electron chi connectivity index (χ3n) is 3.50. The Morgan fingerprint density at radius 1 is 1.14 bits per heavy atom. The number of aliphatic hydroxyl groups excluding tert-OH is 1. The van der Waals surface area contributed by atoms with Crippen LogP contribution in [0.1, 0.15) is 40.9 Å². The van der Waals surface area contributed by atoms with Gasteiger partial charge >= 0.3 is 0 Å².